The fraction of sp³-hybridized carbons (Fsp3) is 0.441. The van der Waals surface area contributed by atoms with Crippen LogP contribution in [0.5, 0.6) is 5.75 Å². The van der Waals surface area contributed by atoms with Gasteiger partial charge in [-0.05, 0) is 88.3 Å². The monoisotopic (exact) mass is 654 g/mol. The van der Waals surface area contributed by atoms with Gasteiger partial charge in [0.1, 0.15) is 0 Å². The molecule has 0 amide bonds. The van der Waals surface area contributed by atoms with Crippen LogP contribution in [0.3, 0.4) is 0 Å². The van der Waals surface area contributed by atoms with Crippen LogP contribution in [0.1, 0.15) is 43.7 Å². The molecule has 45 heavy (non-hydrogen) atoms. The van der Waals surface area contributed by atoms with Crippen LogP contribution in [0, 0.1) is 13.8 Å². The first-order valence-electron chi connectivity index (χ1n) is 14.9. The minimum absolute atomic E-state index is 0.133. The van der Waals surface area contributed by atoms with E-state index in [0.29, 0.717) is 42.0 Å². The van der Waals surface area contributed by atoms with Crippen LogP contribution in [-0.2, 0) is 20.8 Å². The molecule has 0 unspecified atom stereocenters. The topological polar surface area (TPSA) is 98.9 Å². The van der Waals surface area contributed by atoms with Crippen LogP contribution >= 0.6 is 21.6 Å². The van der Waals surface area contributed by atoms with Gasteiger partial charge in [-0.15, -0.1) is 0 Å². The Morgan fingerprint density at radius 1 is 1.09 bits per heavy atom. The predicted molar refractivity (Wildman–Crippen MR) is 184 cm³/mol. The number of anilines is 2. The lowest BCUT2D eigenvalue weighted by atomic mass is 9.87. The lowest BCUT2D eigenvalue weighted by molar-refractivity contribution is -0.160. The highest BCUT2D eigenvalue weighted by Gasteiger charge is 2.36. The third kappa shape index (κ3) is 7.25. The third-order valence-electron chi connectivity index (χ3n) is 7.74. The van der Waals surface area contributed by atoms with Gasteiger partial charge in [-0.25, -0.2) is 24.8 Å². The highest BCUT2D eigenvalue weighted by Crippen LogP contribution is 2.49. The van der Waals surface area contributed by atoms with Crippen molar-refractivity contribution >= 4 is 50.1 Å². The maximum atomic E-state index is 12.9. The highest BCUT2D eigenvalue weighted by atomic mass is 35.5. The molecule has 4 aromatic rings. The second-order valence-corrected chi connectivity index (χ2v) is 18.3. The Morgan fingerprint density at radius 3 is 2.36 bits per heavy atom. The van der Waals surface area contributed by atoms with Crippen LogP contribution in [-0.4, -0.2) is 75.7 Å². The number of rotatable bonds is 11. The molecule has 1 N–H and O–H groups in total. The van der Waals surface area contributed by atoms with E-state index in [1.165, 1.54) is 0 Å². The summed E-state index contributed by atoms with van der Waals surface area (Å²) in [5.74, 6) is 0.973. The minimum Gasteiger partial charge on any atom is -0.479 e. The number of ether oxygens (including phenoxy) is 3. The van der Waals surface area contributed by atoms with Crippen LogP contribution in [0.2, 0.25) is 5.02 Å². The number of carboxylic acid groups (broad SMARTS) is 1. The summed E-state index contributed by atoms with van der Waals surface area (Å²) < 4.78 is 20.0. The number of aryl methyl sites for hydroxylation is 1. The molecule has 9 nitrogen and oxygen atoms in total. The second-order valence-electron chi connectivity index (χ2n) is 13.3. The number of hydrogen-bond acceptors (Lipinski definition) is 7. The zero-order valence-corrected chi connectivity index (χ0v) is 28.9. The molecule has 0 aliphatic carbocycles. The molecule has 0 saturated heterocycles. The van der Waals surface area contributed by atoms with Crippen molar-refractivity contribution in [3.63, 3.8) is 0 Å². The number of carboxylic acids is 1. The average Bonchev–Trinajstić information content (AvgIpc) is 3.29. The molecule has 1 aliphatic rings. The van der Waals surface area contributed by atoms with Gasteiger partial charge in [0.15, 0.2) is 18.6 Å². The Kier molecular flexibility index (Phi) is 9.43. The summed E-state index contributed by atoms with van der Waals surface area (Å²) in [6, 6.07) is 9.65. The normalized spacial score (nSPS) is 14.6. The van der Waals surface area contributed by atoms with Crippen molar-refractivity contribution in [2.45, 2.75) is 52.9 Å². The lowest BCUT2D eigenvalue weighted by Crippen LogP contribution is -2.32. The van der Waals surface area contributed by atoms with E-state index >= 15 is 0 Å². The molecule has 11 heteroatoms. The zero-order valence-electron chi connectivity index (χ0n) is 27.3. The van der Waals surface area contributed by atoms with Crippen molar-refractivity contribution in [1.29, 1.82) is 0 Å². The van der Waals surface area contributed by atoms with Gasteiger partial charge < -0.3 is 28.8 Å². The molecule has 242 valence electrons. The van der Waals surface area contributed by atoms with E-state index in [2.05, 4.69) is 51.2 Å². The molecule has 2 aromatic heterocycles. The summed E-state index contributed by atoms with van der Waals surface area (Å²) in [4.78, 5) is 24.4. The maximum absolute atomic E-state index is 12.9. The molecule has 5 rings (SSSR count). The minimum atomic E-state index is -1.22. The van der Waals surface area contributed by atoms with Gasteiger partial charge in [0, 0.05) is 40.5 Å². The van der Waals surface area contributed by atoms with Crippen LogP contribution in [0.25, 0.3) is 22.0 Å². The van der Waals surface area contributed by atoms with Crippen molar-refractivity contribution in [3.05, 3.63) is 64.6 Å². The first-order chi connectivity index (χ1) is 21.1. The van der Waals surface area contributed by atoms with E-state index in [1.807, 2.05) is 52.0 Å². The smallest absolute Gasteiger partial charge is 0.337 e. The van der Waals surface area contributed by atoms with E-state index in [4.69, 9.17) is 25.8 Å². The van der Waals surface area contributed by atoms with E-state index in [0.717, 1.165) is 44.7 Å². The third-order valence-corrected chi connectivity index (χ3v) is 9.38. The summed E-state index contributed by atoms with van der Waals surface area (Å²) in [6.07, 6.45) is 8.85. The SMILES string of the molecule is Cc1c([C@H](OC(C)(C)C)C(=O)O)c(-c2ccc(Cl)cc2)c2cc(C)n3c2c1N(c1ncc(OCOCCS(C)(C)C)cn1)CC3. The van der Waals surface area contributed by atoms with Crippen LogP contribution in [0.4, 0.5) is 11.6 Å². The number of hydrogen-bond donors (Lipinski definition) is 1. The molecular weight excluding hydrogens is 612 g/mol. The summed E-state index contributed by atoms with van der Waals surface area (Å²) in [7, 11) is -0.628. The van der Waals surface area contributed by atoms with Crippen LogP contribution < -0.4 is 9.64 Å². The number of aromatic nitrogens is 3. The number of nitrogens with zero attached hydrogens (tertiary/aromatic N) is 4. The Bertz CT molecular complexity index is 1690. The molecular formula is C34H43ClN4O5S. The Morgan fingerprint density at radius 2 is 1.76 bits per heavy atom. The van der Waals surface area contributed by atoms with Crippen LogP contribution in [0.15, 0.2) is 42.7 Å². The van der Waals surface area contributed by atoms with E-state index < -0.39 is 27.7 Å². The molecule has 1 atom stereocenters. The molecule has 0 fully saturated rings. The number of benzene rings is 2. The Balaban J connectivity index is 1.61. The van der Waals surface area contributed by atoms with Gasteiger partial charge in [-0.3, -0.25) is 0 Å². The van der Waals surface area contributed by atoms with Crippen molar-refractivity contribution in [2.75, 3.05) is 49.4 Å². The second kappa shape index (κ2) is 12.8. The average molecular weight is 655 g/mol. The first kappa shape index (κ1) is 33.1. The standard InChI is InChI=1S/C34H43ClN4O5S/c1-21-17-26-28(23-9-11-24(35)12-10-23)27(31(32(40)41)44-34(3,4)5)22(2)29-30(26)38(21)13-14-39(29)33-36-18-25(19-37-33)43-20-42-15-16-45(6,7)8/h9-12,17-19,31H,13-16,20H2,1-8H3,(H,40,41)/t31-/m0/s1. The molecule has 0 saturated carbocycles. The van der Waals surface area contributed by atoms with E-state index in [1.54, 1.807) is 12.4 Å². The molecule has 0 radical (unpaired) electrons. The summed E-state index contributed by atoms with van der Waals surface area (Å²) >= 11 is 6.27. The maximum Gasteiger partial charge on any atom is 0.337 e. The molecule has 1 aliphatic heterocycles. The van der Waals surface area contributed by atoms with Crippen molar-refractivity contribution in [3.8, 4) is 16.9 Å². The largest absolute Gasteiger partial charge is 0.479 e. The Hall–Kier alpha value is -3.31. The summed E-state index contributed by atoms with van der Waals surface area (Å²) in [5, 5.41) is 12.1. The number of halogens is 1. The predicted octanol–water partition coefficient (Wildman–Crippen LogP) is 7.51. The summed E-state index contributed by atoms with van der Waals surface area (Å²) in [5.41, 5.74) is 5.32. The fourth-order valence-electron chi connectivity index (χ4n) is 5.73. The van der Waals surface area contributed by atoms with Gasteiger partial charge in [0.25, 0.3) is 0 Å². The van der Waals surface area contributed by atoms with E-state index in [9.17, 15) is 9.90 Å². The van der Waals surface area contributed by atoms with E-state index in [-0.39, 0.29) is 6.79 Å². The molecule has 0 bridgehead atoms. The quantitative estimate of drug-likeness (QED) is 0.131. The fourth-order valence-corrected chi connectivity index (χ4v) is 6.48. The summed E-state index contributed by atoms with van der Waals surface area (Å²) in [6.45, 7) is 11.7. The first-order valence-corrected chi connectivity index (χ1v) is 18.3. The Labute approximate surface area is 271 Å². The molecule has 3 heterocycles. The van der Waals surface area contributed by atoms with Gasteiger partial charge >= 0.3 is 5.97 Å². The lowest BCUT2D eigenvalue weighted by Gasteiger charge is -2.35. The zero-order chi connectivity index (χ0) is 32.7. The van der Waals surface area contributed by atoms with Crippen molar-refractivity contribution < 1.29 is 24.1 Å². The van der Waals surface area contributed by atoms with Gasteiger partial charge in [0.05, 0.1) is 35.8 Å². The molecule has 2 aromatic carbocycles. The van der Waals surface area contributed by atoms with Crippen molar-refractivity contribution in [2.24, 2.45) is 0 Å². The number of aliphatic carboxylic acids is 1. The van der Waals surface area contributed by atoms with Gasteiger partial charge in [-0.1, -0.05) is 23.7 Å². The number of carbonyl (C=O) groups is 1. The highest BCUT2D eigenvalue weighted by molar-refractivity contribution is 8.32. The van der Waals surface area contributed by atoms with Gasteiger partial charge in [-0.2, -0.15) is 0 Å². The van der Waals surface area contributed by atoms with Crippen molar-refractivity contribution in [1.82, 2.24) is 14.5 Å². The van der Waals surface area contributed by atoms with Gasteiger partial charge in [0.2, 0.25) is 5.95 Å². The molecule has 0 spiro atoms.